The lowest BCUT2D eigenvalue weighted by molar-refractivity contribution is -0.119. The van der Waals surface area contributed by atoms with E-state index < -0.39 is 11.9 Å². The first-order chi connectivity index (χ1) is 6.59. The second kappa shape index (κ2) is 5.29. The van der Waals surface area contributed by atoms with Crippen molar-refractivity contribution in [2.75, 3.05) is 26.2 Å². The van der Waals surface area contributed by atoms with E-state index in [2.05, 4.69) is 4.90 Å². The molecule has 2 unspecified atom stereocenters. The molecule has 0 aromatic carbocycles. The van der Waals surface area contributed by atoms with Crippen LogP contribution in [0.15, 0.2) is 0 Å². The molecule has 0 radical (unpaired) electrons. The Balaban J connectivity index is 2.38. The highest BCUT2D eigenvalue weighted by molar-refractivity contribution is 5.79. The van der Waals surface area contributed by atoms with Gasteiger partial charge in [0.1, 0.15) is 0 Å². The number of hydrogen-bond acceptors (Lipinski definition) is 4. The van der Waals surface area contributed by atoms with Crippen LogP contribution in [0.5, 0.6) is 0 Å². The lowest BCUT2D eigenvalue weighted by atomic mass is 10.2. The SMILES string of the molecule is CC1CN(CC(N)C(N)=O)CCCO1. The number of primary amides is 1. The van der Waals surface area contributed by atoms with Gasteiger partial charge in [-0.25, -0.2) is 0 Å². The maximum atomic E-state index is 10.8. The molecule has 1 rings (SSSR count). The van der Waals surface area contributed by atoms with Crippen LogP contribution in [0, 0.1) is 0 Å². The molecule has 0 aromatic heterocycles. The monoisotopic (exact) mass is 201 g/mol. The Morgan fingerprint density at radius 1 is 1.71 bits per heavy atom. The Labute approximate surface area is 84.4 Å². The van der Waals surface area contributed by atoms with E-state index in [0.717, 1.165) is 26.1 Å². The molecule has 1 heterocycles. The smallest absolute Gasteiger partial charge is 0.235 e. The zero-order valence-corrected chi connectivity index (χ0v) is 8.61. The van der Waals surface area contributed by atoms with Crippen LogP contribution in [0.3, 0.4) is 0 Å². The lowest BCUT2D eigenvalue weighted by Crippen LogP contribution is -2.47. The third kappa shape index (κ3) is 3.61. The van der Waals surface area contributed by atoms with Gasteiger partial charge in [-0.3, -0.25) is 9.69 Å². The van der Waals surface area contributed by atoms with Crippen molar-refractivity contribution in [2.45, 2.75) is 25.5 Å². The first kappa shape index (κ1) is 11.4. The molecule has 0 saturated carbocycles. The summed E-state index contributed by atoms with van der Waals surface area (Å²) in [6, 6.07) is -0.569. The highest BCUT2D eigenvalue weighted by atomic mass is 16.5. The van der Waals surface area contributed by atoms with Crippen LogP contribution in [-0.2, 0) is 9.53 Å². The normalized spacial score (nSPS) is 26.9. The van der Waals surface area contributed by atoms with Crippen LogP contribution < -0.4 is 11.5 Å². The number of carbonyl (C=O) groups is 1. The van der Waals surface area contributed by atoms with Crippen LogP contribution >= 0.6 is 0 Å². The number of nitrogens with zero attached hydrogens (tertiary/aromatic N) is 1. The summed E-state index contributed by atoms with van der Waals surface area (Å²) < 4.78 is 5.48. The minimum Gasteiger partial charge on any atom is -0.377 e. The lowest BCUT2D eigenvalue weighted by Gasteiger charge is -2.23. The van der Waals surface area contributed by atoms with E-state index >= 15 is 0 Å². The van der Waals surface area contributed by atoms with Gasteiger partial charge in [-0.2, -0.15) is 0 Å². The first-order valence-electron chi connectivity index (χ1n) is 4.98. The van der Waals surface area contributed by atoms with Crippen molar-refractivity contribution in [1.29, 1.82) is 0 Å². The van der Waals surface area contributed by atoms with Crippen molar-refractivity contribution >= 4 is 5.91 Å². The summed E-state index contributed by atoms with van der Waals surface area (Å²) in [6.45, 7) is 5.08. The van der Waals surface area contributed by atoms with Crippen molar-refractivity contribution in [2.24, 2.45) is 11.5 Å². The summed E-state index contributed by atoms with van der Waals surface area (Å²) in [5, 5.41) is 0. The van der Waals surface area contributed by atoms with Gasteiger partial charge in [0, 0.05) is 26.2 Å². The molecule has 1 aliphatic heterocycles. The van der Waals surface area contributed by atoms with Crippen LogP contribution in [0.1, 0.15) is 13.3 Å². The van der Waals surface area contributed by atoms with Gasteiger partial charge in [0.15, 0.2) is 0 Å². The molecule has 0 aromatic rings. The predicted molar refractivity (Wildman–Crippen MR) is 53.6 cm³/mol. The minimum absolute atomic E-state index is 0.206. The summed E-state index contributed by atoms with van der Waals surface area (Å²) in [6.07, 6.45) is 1.19. The Bertz CT molecular complexity index is 198. The van der Waals surface area contributed by atoms with E-state index in [4.69, 9.17) is 16.2 Å². The third-order valence-electron chi connectivity index (χ3n) is 2.36. The average molecular weight is 201 g/mol. The second-order valence-electron chi connectivity index (χ2n) is 3.80. The summed E-state index contributed by atoms with van der Waals surface area (Å²) >= 11 is 0. The van der Waals surface area contributed by atoms with E-state index in [9.17, 15) is 4.79 Å². The Hall–Kier alpha value is -0.650. The van der Waals surface area contributed by atoms with Gasteiger partial charge < -0.3 is 16.2 Å². The van der Waals surface area contributed by atoms with Crippen molar-refractivity contribution < 1.29 is 9.53 Å². The van der Waals surface area contributed by atoms with Gasteiger partial charge in [0.25, 0.3) is 0 Å². The maximum absolute atomic E-state index is 10.8. The quantitative estimate of drug-likeness (QED) is 0.608. The third-order valence-corrected chi connectivity index (χ3v) is 2.36. The molecule has 1 amide bonds. The molecule has 1 fully saturated rings. The van der Waals surface area contributed by atoms with Gasteiger partial charge in [-0.05, 0) is 13.3 Å². The van der Waals surface area contributed by atoms with Crippen LogP contribution in [0.4, 0.5) is 0 Å². The summed E-state index contributed by atoms with van der Waals surface area (Å²) in [4.78, 5) is 12.9. The highest BCUT2D eigenvalue weighted by Crippen LogP contribution is 2.05. The molecule has 2 atom stereocenters. The van der Waals surface area contributed by atoms with E-state index in [1.165, 1.54) is 0 Å². The summed E-state index contributed by atoms with van der Waals surface area (Å²) in [7, 11) is 0. The van der Waals surface area contributed by atoms with Gasteiger partial charge in [-0.1, -0.05) is 0 Å². The van der Waals surface area contributed by atoms with Gasteiger partial charge in [0.05, 0.1) is 12.1 Å². The molecule has 0 bridgehead atoms. The molecule has 1 aliphatic rings. The topological polar surface area (TPSA) is 81.6 Å². The molecule has 82 valence electrons. The number of rotatable bonds is 3. The minimum atomic E-state index is -0.569. The van der Waals surface area contributed by atoms with Crippen molar-refractivity contribution in [1.82, 2.24) is 4.90 Å². The fourth-order valence-corrected chi connectivity index (χ4v) is 1.61. The van der Waals surface area contributed by atoms with E-state index in [1.807, 2.05) is 6.92 Å². The number of hydrogen-bond donors (Lipinski definition) is 2. The molecule has 0 spiro atoms. The van der Waals surface area contributed by atoms with Gasteiger partial charge in [0.2, 0.25) is 5.91 Å². The molecular weight excluding hydrogens is 182 g/mol. The zero-order valence-electron chi connectivity index (χ0n) is 8.61. The van der Waals surface area contributed by atoms with E-state index in [0.29, 0.717) is 6.54 Å². The van der Waals surface area contributed by atoms with Crippen molar-refractivity contribution in [3.05, 3.63) is 0 Å². The molecule has 14 heavy (non-hydrogen) atoms. The van der Waals surface area contributed by atoms with Crippen LogP contribution in [0.2, 0.25) is 0 Å². The zero-order chi connectivity index (χ0) is 10.6. The number of carbonyl (C=O) groups excluding carboxylic acids is 1. The van der Waals surface area contributed by atoms with Crippen molar-refractivity contribution in [3.63, 3.8) is 0 Å². The maximum Gasteiger partial charge on any atom is 0.235 e. The van der Waals surface area contributed by atoms with E-state index in [-0.39, 0.29) is 6.10 Å². The first-order valence-corrected chi connectivity index (χ1v) is 4.98. The standard InChI is InChI=1S/C9H19N3O2/c1-7-5-12(3-2-4-14-7)6-8(10)9(11)13/h7-8H,2-6,10H2,1H3,(H2,11,13). The molecule has 5 nitrogen and oxygen atoms in total. The Kier molecular flexibility index (Phi) is 4.31. The number of ether oxygens (including phenoxy) is 1. The van der Waals surface area contributed by atoms with E-state index in [1.54, 1.807) is 0 Å². The molecular formula is C9H19N3O2. The van der Waals surface area contributed by atoms with Gasteiger partial charge in [-0.15, -0.1) is 0 Å². The molecule has 0 aliphatic carbocycles. The van der Waals surface area contributed by atoms with Crippen LogP contribution in [0.25, 0.3) is 0 Å². The molecule has 4 N–H and O–H groups in total. The average Bonchev–Trinajstić information content (AvgIpc) is 2.29. The Morgan fingerprint density at radius 3 is 3.07 bits per heavy atom. The highest BCUT2D eigenvalue weighted by Gasteiger charge is 2.19. The van der Waals surface area contributed by atoms with Gasteiger partial charge >= 0.3 is 0 Å². The number of nitrogens with two attached hydrogens (primary N) is 2. The fraction of sp³-hybridized carbons (Fsp3) is 0.889. The largest absolute Gasteiger partial charge is 0.377 e. The Morgan fingerprint density at radius 2 is 2.43 bits per heavy atom. The van der Waals surface area contributed by atoms with Crippen LogP contribution in [-0.4, -0.2) is 49.2 Å². The number of amides is 1. The second-order valence-corrected chi connectivity index (χ2v) is 3.80. The summed E-state index contributed by atoms with van der Waals surface area (Å²) in [5.41, 5.74) is 10.7. The fourth-order valence-electron chi connectivity index (χ4n) is 1.61. The molecule has 1 saturated heterocycles. The predicted octanol–water partition coefficient (Wildman–Crippen LogP) is -1.09. The molecule has 5 heteroatoms. The van der Waals surface area contributed by atoms with Crippen molar-refractivity contribution in [3.8, 4) is 0 Å². The summed E-state index contributed by atoms with van der Waals surface area (Å²) in [5.74, 6) is -0.442.